The van der Waals surface area contributed by atoms with Crippen LogP contribution in [0.4, 0.5) is 4.39 Å². The van der Waals surface area contributed by atoms with Crippen LogP contribution in [0.2, 0.25) is 0 Å². The minimum atomic E-state index is -0.135. The minimum Gasteiger partial charge on any atom is -0.311 e. The highest BCUT2D eigenvalue weighted by molar-refractivity contribution is 5.17. The molecule has 0 amide bonds. The SMILES string of the molecule is CCC(CC1CC1)NC(C)Cc1cccc(F)c1. The van der Waals surface area contributed by atoms with Crippen molar-refractivity contribution in [2.24, 2.45) is 5.92 Å². The third kappa shape index (κ3) is 4.41. The number of hydrogen-bond acceptors (Lipinski definition) is 1. The molecule has 1 fully saturated rings. The Labute approximate surface area is 110 Å². The number of rotatable bonds is 7. The second-order valence-electron chi connectivity index (χ2n) is 5.69. The number of nitrogens with one attached hydrogen (secondary N) is 1. The normalized spacial score (nSPS) is 18.6. The Hall–Kier alpha value is -0.890. The minimum absolute atomic E-state index is 0.135. The number of hydrogen-bond donors (Lipinski definition) is 1. The van der Waals surface area contributed by atoms with Crippen LogP contribution in [0, 0.1) is 11.7 Å². The predicted molar refractivity (Wildman–Crippen MR) is 74.1 cm³/mol. The molecule has 1 nitrogen and oxygen atoms in total. The van der Waals surface area contributed by atoms with Crippen molar-refractivity contribution < 1.29 is 4.39 Å². The van der Waals surface area contributed by atoms with Gasteiger partial charge in [0.15, 0.2) is 0 Å². The van der Waals surface area contributed by atoms with Gasteiger partial charge in [0.25, 0.3) is 0 Å². The number of halogens is 1. The van der Waals surface area contributed by atoms with Crippen LogP contribution in [-0.4, -0.2) is 12.1 Å². The van der Waals surface area contributed by atoms with E-state index >= 15 is 0 Å². The molecule has 1 aromatic rings. The lowest BCUT2D eigenvalue weighted by atomic mass is 10.0. The highest BCUT2D eigenvalue weighted by atomic mass is 19.1. The van der Waals surface area contributed by atoms with Crippen LogP contribution >= 0.6 is 0 Å². The Balaban J connectivity index is 1.80. The molecule has 0 spiro atoms. The van der Waals surface area contributed by atoms with E-state index in [1.807, 2.05) is 6.07 Å². The van der Waals surface area contributed by atoms with Crippen molar-refractivity contribution in [3.8, 4) is 0 Å². The van der Waals surface area contributed by atoms with Crippen LogP contribution in [0.15, 0.2) is 24.3 Å². The van der Waals surface area contributed by atoms with Crippen molar-refractivity contribution in [3.05, 3.63) is 35.6 Å². The maximum absolute atomic E-state index is 13.1. The Morgan fingerprint density at radius 3 is 2.78 bits per heavy atom. The monoisotopic (exact) mass is 249 g/mol. The first-order chi connectivity index (χ1) is 8.67. The van der Waals surface area contributed by atoms with Gasteiger partial charge in [0.2, 0.25) is 0 Å². The Kier molecular flexibility index (Phi) is 4.76. The van der Waals surface area contributed by atoms with Crippen LogP contribution in [0.5, 0.6) is 0 Å². The van der Waals surface area contributed by atoms with Gasteiger partial charge in [0.1, 0.15) is 5.82 Å². The van der Waals surface area contributed by atoms with E-state index < -0.39 is 0 Å². The van der Waals surface area contributed by atoms with E-state index in [0.29, 0.717) is 12.1 Å². The molecule has 100 valence electrons. The van der Waals surface area contributed by atoms with Gasteiger partial charge in [-0.2, -0.15) is 0 Å². The summed E-state index contributed by atoms with van der Waals surface area (Å²) >= 11 is 0. The Bertz CT molecular complexity index is 373. The summed E-state index contributed by atoms with van der Waals surface area (Å²) in [6.07, 6.45) is 6.22. The molecule has 1 N–H and O–H groups in total. The van der Waals surface area contributed by atoms with Crippen LogP contribution in [0.25, 0.3) is 0 Å². The summed E-state index contributed by atoms with van der Waals surface area (Å²) in [6, 6.07) is 7.97. The molecule has 0 aromatic heterocycles. The fourth-order valence-electron chi connectivity index (χ4n) is 2.59. The molecular formula is C16H24FN. The summed E-state index contributed by atoms with van der Waals surface area (Å²) in [4.78, 5) is 0. The fourth-order valence-corrected chi connectivity index (χ4v) is 2.59. The molecule has 0 saturated heterocycles. The van der Waals surface area contributed by atoms with Gasteiger partial charge in [-0.3, -0.25) is 0 Å². The molecule has 2 rings (SSSR count). The molecule has 0 aliphatic heterocycles. The molecule has 0 bridgehead atoms. The average Bonchev–Trinajstić information content (AvgIpc) is 3.12. The summed E-state index contributed by atoms with van der Waals surface area (Å²) in [5.74, 6) is 0.827. The zero-order valence-corrected chi connectivity index (χ0v) is 11.5. The molecule has 1 aliphatic rings. The lowest BCUT2D eigenvalue weighted by Gasteiger charge is -2.22. The topological polar surface area (TPSA) is 12.0 Å². The first-order valence-electron chi connectivity index (χ1n) is 7.18. The third-order valence-electron chi connectivity index (χ3n) is 3.76. The molecular weight excluding hydrogens is 225 g/mol. The average molecular weight is 249 g/mol. The molecule has 18 heavy (non-hydrogen) atoms. The van der Waals surface area contributed by atoms with E-state index in [2.05, 4.69) is 19.2 Å². The molecule has 1 aromatic carbocycles. The molecule has 0 radical (unpaired) electrons. The summed E-state index contributed by atoms with van der Waals surface area (Å²) in [7, 11) is 0. The van der Waals surface area contributed by atoms with Crippen LogP contribution in [0.3, 0.4) is 0 Å². The van der Waals surface area contributed by atoms with E-state index in [1.54, 1.807) is 12.1 Å². The van der Waals surface area contributed by atoms with Gasteiger partial charge in [-0.1, -0.05) is 31.9 Å². The van der Waals surface area contributed by atoms with Gasteiger partial charge in [0, 0.05) is 12.1 Å². The second-order valence-corrected chi connectivity index (χ2v) is 5.69. The maximum Gasteiger partial charge on any atom is 0.123 e. The van der Waals surface area contributed by atoms with E-state index in [0.717, 1.165) is 17.9 Å². The van der Waals surface area contributed by atoms with Gasteiger partial charge >= 0.3 is 0 Å². The highest BCUT2D eigenvalue weighted by Gasteiger charge is 2.25. The van der Waals surface area contributed by atoms with E-state index in [9.17, 15) is 4.39 Å². The van der Waals surface area contributed by atoms with Crippen molar-refractivity contribution >= 4 is 0 Å². The predicted octanol–water partition coefficient (Wildman–Crippen LogP) is 3.93. The van der Waals surface area contributed by atoms with Gasteiger partial charge in [-0.15, -0.1) is 0 Å². The molecule has 0 heterocycles. The van der Waals surface area contributed by atoms with Crippen molar-refractivity contribution in [3.63, 3.8) is 0 Å². The largest absolute Gasteiger partial charge is 0.311 e. The molecule has 2 atom stereocenters. The first-order valence-corrected chi connectivity index (χ1v) is 7.18. The highest BCUT2D eigenvalue weighted by Crippen LogP contribution is 2.34. The molecule has 1 aliphatic carbocycles. The van der Waals surface area contributed by atoms with Gasteiger partial charge in [0.05, 0.1) is 0 Å². The summed E-state index contributed by atoms with van der Waals surface area (Å²) in [5.41, 5.74) is 1.08. The van der Waals surface area contributed by atoms with E-state index in [4.69, 9.17) is 0 Å². The third-order valence-corrected chi connectivity index (χ3v) is 3.76. The second kappa shape index (κ2) is 6.33. The van der Waals surface area contributed by atoms with Crippen molar-refractivity contribution in [2.45, 2.75) is 58.0 Å². The summed E-state index contributed by atoms with van der Waals surface area (Å²) in [6.45, 7) is 4.44. The van der Waals surface area contributed by atoms with Crippen molar-refractivity contribution in [1.82, 2.24) is 5.32 Å². The van der Waals surface area contributed by atoms with Crippen LogP contribution in [0.1, 0.15) is 45.1 Å². The Morgan fingerprint density at radius 2 is 2.17 bits per heavy atom. The zero-order chi connectivity index (χ0) is 13.0. The lowest BCUT2D eigenvalue weighted by Crippen LogP contribution is -2.37. The molecule has 2 heteroatoms. The smallest absolute Gasteiger partial charge is 0.123 e. The molecule has 2 unspecified atom stereocenters. The quantitative estimate of drug-likeness (QED) is 0.772. The maximum atomic E-state index is 13.1. The van der Waals surface area contributed by atoms with Crippen molar-refractivity contribution in [2.75, 3.05) is 0 Å². The van der Waals surface area contributed by atoms with Gasteiger partial charge < -0.3 is 5.32 Å². The standard InChI is InChI=1S/C16H24FN/c1-3-16(11-13-7-8-13)18-12(2)9-14-5-4-6-15(17)10-14/h4-6,10,12-13,16,18H,3,7-9,11H2,1-2H3. The van der Waals surface area contributed by atoms with Crippen molar-refractivity contribution in [1.29, 1.82) is 0 Å². The Morgan fingerprint density at radius 1 is 1.39 bits per heavy atom. The van der Waals surface area contributed by atoms with E-state index in [1.165, 1.54) is 31.7 Å². The summed E-state index contributed by atoms with van der Waals surface area (Å²) < 4.78 is 13.1. The van der Waals surface area contributed by atoms with Gasteiger partial charge in [-0.25, -0.2) is 4.39 Å². The zero-order valence-electron chi connectivity index (χ0n) is 11.5. The fraction of sp³-hybridized carbons (Fsp3) is 0.625. The van der Waals surface area contributed by atoms with Gasteiger partial charge in [-0.05, 0) is 49.8 Å². The lowest BCUT2D eigenvalue weighted by molar-refractivity contribution is 0.396. The van der Waals surface area contributed by atoms with E-state index in [-0.39, 0.29) is 5.82 Å². The molecule has 1 saturated carbocycles. The van der Waals surface area contributed by atoms with Crippen LogP contribution < -0.4 is 5.32 Å². The number of benzene rings is 1. The van der Waals surface area contributed by atoms with Crippen LogP contribution in [-0.2, 0) is 6.42 Å². The first kappa shape index (κ1) is 13.5. The summed E-state index contributed by atoms with van der Waals surface area (Å²) in [5, 5.41) is 3.68.